The number of aryl methyl sites for hydroxylation is 1. The van der Waals surface area contributed by atoms with Crippen LogP contribution in [0.15, 0.2) is 48.4 Å². The fourth-order valence-corrected chi connectivity index (χ4v) is 8.52. The van der Waals surface area contributed by atoms with Gasteiger partial charge in [-0.05, 0) is 37.1 Å². The molecule has 3 aliphatic carbocycles. The summed E-state index contributed by atoms with van der Waals surface area (Å²) in [7, 11) is 3.61. The van der Waals surface area contributed by atoms with Crippen LogP contribution in [0.1, 0.15) is 81.0 Å². The molecule has 302 valence electrons. The van der Waals surface area contributed by atoms with Crippen molar-refractivity contribution in [2.45, 2.75) is 74.8 Å². The molecule has 3 unspecified atom stereocenters. The Morgan fingerprint density at radius 1 is 1.04 bits per heavy atom. The molecule has 17 nitrogen and oxygen atoms in total. The molecule has 7 rings (SSSR count). The SMILES string of the molecule is CO[C@@H]1[C@@H](O)[C@@H](OC)[C@@H](NC2=CC(=O)c3c(cc4c(c3O)C(=O)C3(OC)C(O)Cc5cc(C)c(C(=O)O)c(OCc6cccnc6)c5C3(O)C4=O)C2=O)O[C@H]1C.Cl. The van der Waals surface area contributed by atoms with Crippen LogP contribution in [0.25, 0.3) is 0 Å². The second-order valence-electron chi connectivity index (χ2n) is 14.0. The van der Waals surface area contributed by atoms with Gasteiger partial charge in [-0.3, -0.25) is 24.2 Å². The number of allylic oxidation sites excluding steroid dienone is 2. The predicted molar refractivity (Wildman–Crippen MR) is 196 cm³/mol. The summed E-state index contributed by atoms with van der Waals surface area (Å²) in [6.07, 6.45) is -3.66. The van der Waals surface area contributed by atoms with Crippen molar-refractivity contribution in [1.29, 1.82) is 0 Å². The van der Waals surface area contributed by atoms with Crippen molar-refractivity contribution in [3.63, 3.8) is 0 Å². The second-order valence-corrected chi connectivity index (χ2v) is 14.0. The summed E-state index contributed by atoms with van der Waals surface area (Å²) in [5, 5.41) is 60.2. The summed E-state index contributed by atoms with van der Waals surface area (Å²) >= 11 is 0. The van der Waals surface area contributed by atoms with Gasteiger partial charge in [0.2, 0.25) is 17.3 Å². The summed E-state index contributed by atoms with van der Waals surface area (Å²) in [6.45, 7) is 2.77. The number of aliphatic hydroxyl groups excluding tert-OH is 2. The Bertz CT molecular complexity index is 2250. The molecule has 1 aliphatic heterocycles. The number of ketones is 4. The molecule has 8 atom stereocenters. The summed E-state index contributed by atoms with van der Waals surface area (Å²) < 4.78 is 28.3. The third-order valence-corrected chi connectivity index (χ3v) is 11.1. The van der Waals surface area contributed by atoms with Gasteiger partial charge in [-0.2, -0.15) is 0 Å². The van der Waals surface area contributed by atoms with E-state index in [-0.39, 0.29) is 35.8 Å². The van der Waals surface area contributed by atoms with Gasteiger partial charge in [0.1, 0.15) is 42.0 Å². The van der Waals surface area contributed by atoms with Crippen molar-refractivity contribution >= 4 is 41.5 Å². The normalized spacial score (nSPS) is 28.9. The number of hydrogen-bond donors (Lipinski definition) is 6. The van der Waals surface area contributed by atoms with Crippen LogP contribution in [0, 0.1) is 6.92 Å². The van der Waals surface area contributed by atoms with E-state index in [4.69, 9.17) is 23.7 Å². The Labute approximate surface area is 330 Å². The van der Waals surface area contributed by atoms with Crippen molar-refractivity contribution in [3.05, 3.63) is 98.5 Å². The topological polar surface area (TPSA) is 258 Å². The van der Waals surface area contributed by atoms with Crippen LogP contribution < -0.4 is 10.1 Å². The number of aromatic hydroxyl groups is 1. The van der Waals surface area contributed by atoms with Crippen LogP contribution in [-0.2, 0) is 37.6 Å². The number of carboxylic acids is 1. The lowest BCUT2D eigenvalue weighted by molar-refractivity contribution is -0.236. The zero-order valence-corrected chi connectivity index (χ0v) is 31.9. The third kappa shape index (κ3) is 5.88. The molecular weight excluding hydrogens is 772 g/mol. The highest BCUT2D eigenvalue weighted by Crippen LogP contribution is 2.57. The van der Waals surface area contributed by atoms with E-state index in [1.807, 2.05) is 0 Å². The first-order valence-corrected chi connectivity index (χ1v) is 17.4. The molecule has 0 bridgehead atoms. The Morgan fingerprint density at radius 3 is 2.35 bits per heavy atom. The van der Waals surface area contributed by atoms with Gasteiger partial charge in [0, 0.05) is 68.5 Å². The molecule has 18 heteroatoms. The van der Waals surface area contributed by atoms with Gasteiger partial charge in [-0.15, -0.1) is 12.4 Å². The lowest BCUT2D eigenvalue weighted by Gasteiger charge is -2.53. The average molecular weight is 811 g/mol. The predicted octanol–water partition coefficient (Wildman–Crippen LogP) is 1.35. The van der Waals surface area contributed by atoms with Gasteiger partial charge in [0.15, 0.2) is 23.2 Å². The maximum Gasteiger partial charge on any atom is 0.339 e. The van der Waals surface area contributed by atoms with E-state index in [2.05, 4.69) is 10.3 Å². The van der Waals surface area contributed by atoms with E-state index in [0.717, 1.165) is 19.3 Å². The molecule has 0 spiro atoms. The number of aromatic nitrogens is 1. The number of fused-ring (bicyclic) bond motifs is 5. The molecule has 6 N–H and O–H groups in total. The number of benzene rings is 2. The Kier molecular flexibility index (Phi) is 10.9. The van der Waals surface area contributed by atoms with E-state index in [9.17, 15) is 44.7 Å². The minimum absolute atomic E-state index is 0. The number of methoxy groups -OCH3 is 3. The number of aromatic carboxylic acids is 1. The Hall–Kier alpha value is -5.11. The number of ether oxygens (including phenoxy) is 5. The lowest BCUT2D eigenvalue weighted by Crippen LogP contribution is -2.73. The number of pyridine rings is 1. The highest BCUT2D eigenvalue weighted by atomic mass is 35.5. The molecule has 3 aromatic rings. The average Bonchev–Trinajstić information content (AvgIpc) is 3.15. The van der Waals surface area contributed by atoms with Crippen molar-refractivity contribution in [2.75, 3.05) is 21.3 Å². The number of nitrogens with zero attached hydrogens (tertiary/aromatic N) is 1. The number of Topliss-reactive ketones (excluding diaryl/α,β-unsaturated/α-hetero) is 3. The number of rotatable bonds is 9. The minimum Gasteiger partial charge on any atom is -0.506 e. The molecule has 0 radical (unpaired) electrons. The van der Waals surface area contributed by atoms with E-state index in [1.165, 1.54) is 39.6 Å². The highest BCUT2D eigenvalue weighted by molar-refractivity contribution is 6.31. The highest BCUT2D eigenvalue weighted by Gasteiger charge is 2.73. The number of aliphatic hydroxyl groups is 3. The quantitative estimate of drug-likeness (QED) is 0.178. The zero-order valence-electron chi connectivity index (χ0n) is 31.1. The standard InChI is InChI=1S/C39H38N2O15.ClH/c1-15-9-18-10-23(43)39(54-5)35(48)26-20(34(47)38(39,51)27(18)32(24(15)37(49)50)55-14-17-7-6-8-40-13-17)11-19-25(29(26)45)22(42)12-21(28(19)44)41-36-33(53-4)30(46)31(52-3)16(2)56-36;/h6-9,11-13,16,23,30-31,33,36,41,43,45-46,51H,10,14H2,1-5H3,(H,49,50);1H/t16-,23?,30+,31-,33+,36-,38?,39?;/m0./s1. The van der Waals surface area contributed by atoms with Crippen LogP contribution in [0.2, 0.25) is 0 Å². The first-order valence-electron chi connectivity index (χ1n) is 17.4. The molecule has 0 saturated carbocycles. The lowest BCUT2D eigenvalue weighted by atomic mass is 9.56. The Balaban J connectivity index is 0.00000549. The van der Waals surface area contributed by atoms with Crippen LogP contribution in [0.5, 0.6) is 11.5 Å². The molecule has 1 fully saturated rings. The molecule has 2 heterocycles. The first-order chi connectivity index (χ1) is 26.6. The minimum atomic E-state index is -3.23. The number of carboxylic acid groups (broad SMARTS) is 1. The summed E-state index contributed by atoms with van der Waals surface area (Å²) in [5.74, 6) is -7.69. The molecule has 0 amide bonds. The van der Waals surface area contributed by atoms with Gasteiger partial charge in [0.25, 0.3) is 0 Å². The number of phenolic OH excluding ortho intramolecular Hbond substituents is 1. The molecule has 2 aromatic carbocycles. The number of nitrogens with one attached hydrogen (secondary N) is 1. The molecule has 1 aromatic heterocycles. The van der Waals surface area contributed by atoms with Crippen LogP contribution in [0.3, 0.4) is 0 Å². The molecule has 57 heavy (non-hydrogen) atoms. The summed E-state index contributed by atoms with van der Waals surface area (Å²) in [4.78, 5) is 74.3. The van der Waals surface area contributed by atoms with Crippen molar-refractivity contribution < 1.29 is 73.2 Å². The van der Waals surface area contributed by atoms with E-state index >= 15 is 4.79 Å². The van der Waals surface area contributed by atoms with Gasteiger partial charge >= 0.3 is 5.97 Å². The maximum atomic E-state index is 15.0. The summed E-state index contributed by atoms with van der Waals surface area (Å²) in [5.41, 5.74) is -9.51. The number of hydrogen-bond acceptors (Lipinski definition) is 16. The van der Waals surface area contributed by atoms with E-state index in [0.29, 0.717) is 5.56 Å². The van der Waals surface area contributed by atoms with Gasteiger partial charge in [-0.1, -0.05) is 12.1 Å². The number of halogens is 1. The zero-order chi connectivity index (χ0) is 40.6. The van der Waals surface area contributed by atoms with Gasteiger partial charge in [0.05, 0.1) is 29.0 Å². The molecular formula is C39H39ClN2O15. The number of carbonyl (C=O) groups excluding carboxylic acids is 4. The van der Waals surface area contributed by atoms with Crippen molar-refractivity contribution in [1.82, 2.24) is 10.3 Å². The first kappa shape index (κ1) is 41.5. The molecule has 4 aliphatic rings. The number of carbonyl (C=O) groups is 5. The maximum absolute atomic E-state index is 15.0. The number of phenols is 1. The summed E-state index contributed by atoms with van der Waals surface area (Å²) in [6, 6.07) is 5.45. The van der Waals surface area contributed by atoms with Crippen LogP contribution >= 0.6 is 12.4 Å². The fraction of sp³-hybridized carbons (Fsp3) is 0.385. The third-order valence-electron chi connectivity index (χ3n) is 11.1. The van der Waals surface area contributed by atoms with Gasteiger partial charge in [-0.25, -0.2) is 4.79 Å². The Morgan fingerprint density at radius 2 is 1.74 bits per heavy atom. The molecule has 1 saturated heterocycles. The smallest absolute Gasteiger partial charge is 0.339 e. The van der Waals surface area contributed by atoms with Crippen LogP contribution in [0.4, 0.5) is 0 Å². The second kappa shape index (κ2) is 15.0. The van der Waals surface area contributed by atoms with Gasteiger partial charge < -0.3 is 54.5 Å². The van der Waals surface area contributed by atoms with E-state index < -0.39 is 128 Å². The van der Waals surface area contributed by atoms with Crippen molar-refractivity contribution in [3.8, 4) is 11.5 Å². The monoisotopic (exact) mass is 810 g/mol. The largest absolute Gasteiger partial charge is 0.506 e. The van der Waals surface area contributed by atoms with E-state index in [1.54, 1.807) is 19.1 Å². The van der Waals surface area contributed by atoms with Crippen molar-refractivity contribution in [2.24, 2.45) is 0 Å². The fourth-order valence-electron chi connectivity index (χ4n) is 8.52. The van der Waals surface area contributed by atoms with Crippen LogP contribution in [-0.4, -0.2) is 123 Å².